The van der Waals surface area contributed by atoms with Crippen molar-refractivity contribution in [1.82, 2.24) is 10.2 Å². The maximum Gasteiger partial charge on any atom is 0.237 e. The van der Waals surface area contributed by atoms with Crippen LogP contribution in [0.25, 0.3) is 0 Å². The second-order valence-corrected chi connectivity index (χ2v) is 13.8. The number of phenolic OH excluding ortho intramolecular Hbond substituents is 2. The van der Waals surface area contributed by atoms with Crippen molar-refractivity contribution in [3.8, 4) is 17.2 Å². The van der Waals surface area contributed by atoms with Gasteiger partial charge in [-0.1, -0.05) is 18.2 Å². The molecule has 8 nitrogen and oxygen atoms in total. The van der Waals surface area contributed by atoms with Gasteiger partial charge in [-0.3, -0.25) is 9.69 Å². The fourth-order valence-electron chi connectivity index (χ4n) is 10.1. The second-order valence-electron chi connectivity index (χ2n) is 13.8. The summed E-state index contributed by atoms with van der Waals surface area (Å²) in [4.78, 5) is 16.0. The number of piperidine rings is 1. The van der Waals surface area contributed by atoms with Gasteiger partial charge in [-0.15, -0.1) is 0 Å². The fourth-order valence-corrected chi connectivity index (χ4v) is 10.1. The highest BCUT2D eigenvalue weighted by Crippen LogP contribution is 2.76. The highest BCUT2D eigenvalue weighted by Gasteiger charge is 2.80. The van der Waals surface area contributed by atoms with Crippen LogP contribution in [-0.4, -0.2) is 71.6 Å². The number of rotatable bonds is 8. The topological polar surface area (TPSA) is 117 Å². The number of nitrogens with two attached hydrogens (primary N) is 1. The van der Waals surface area contributed by atoms with Gasteiger partial charge in [-0.25, -0.2) is 0 Å². The Labute approximate surface area is 241 Å². The first-order valence-corrected chi connectivity index (χ1v) is 15.4. The van der Waals surface area contributed by atoms with Gasteiger partial charge in [0.1, 0.15) is 17.5 Å². The van der Waals surface area contributed by atoms with Crippen LogP contribution in [0.15, 0.2) is 36.4 Å². The number of fused-ring (bicyclic) bond motifs is 2. The third-order valence-corrected chi connectivity index (χ3v) is 12.1. The molecule has 0 radical (unpaired) electrons. The molecule has 7 aliphatic rings. The number of carbonyl (C=O) groups is 1. The van der Waals surface area contributed by atoms with Crippen LogP contribution in [0.5, 0.6) is 17.2 Å². The van der Waals surface area contributed by atoms with Crippen molar-refractivity contribution in [3.05, 3.63) is 53.1 Å². The van der Waals surface area contributed by atoms with Crippen LogP contribution in [-0.2, 0) is 27.8 Å². The van der Waals surface area contributed by atoms with Gasteiger partial charge in [0.25, 0.3) is 0 Å². The number of aromatic hydroxyl groups is 2. The zero-order valence-electron chi connectivity index (χ0n) is 23.8. The minimum absolute atomic E-state index is 0.0146. The number of likely N-dealkylation sites (tertiary alicyclic amines) is 1. The number of hydrogen-bond acceptors (Lipinski definition) is 7. The van der Waals surface area contributed by atoms with E-state index in [1.165, 1.54) is 30.5 Å². The summed E-state index contributed by atoms with van der Waals surface area (Å²) in [7, 11) is 1.80. The molecule has 1 amide bonds. The number of carbonyl (C=O) groups excluding carboxylic acids is 1. The number of hydrogen-bond donors (Lipinski definition) is 4. The molecular formula is C33H41N3O5. The van der Waals surface area contributed by atoms with Crippen molar-refractivity contribution in [2.24, 2.45) is 23.0 Å². The predicted molar refractivity (Wildman–Crippen MR) is 153 cm³/mol. The molecule has 2 aliphatic heterocycles. The van der Waals surface area contributed by atoms with Crippen LogP contribution in [0.3, 0.4) is 0 Å². The monoisotopic (exact) mass is 559 g/mol. The molecule has 2 aromatic rings. The van der Waals surface area contributed by atoms with Gasteiger partial charge < -0.3 is 30.7 Å². The molecule has 218 valence electrons. The maximum absolute atomic E-state index is 13.2. The number of nitrogens with zero attached hydrogens (tertiary/aromatic N) is 1. The lowest BCUT2D eigenvalue weighted by Gasteiger charge is -2.74. The molecule has 5 aliphatic carbocycles. The van der Waals surface area contributed by atoms with E-state index in [0.29, 0.717) is 24.8 Å². The first-order chi connectivity index (χ1) is 19.8. The van der Waals surface area contributed by atoms with E-state index in [2.05, 4.69) is 16.3 Å². The number of nitrogens with one attached hydrogen (secondary N) is 1. The third kappa shape index (κ3) is 3.41. The van der Waals surface area contributed by atoms with Gasteiger partial charge in [-0.05, 0) is 93.2 Å². The molecule has 1 saturated heterocycles. The molecule has 5 N–H and O–H groups in total. The second kappa shape index (κ2) is 8.85. The molecule has 5 fully saturated rings. The molecule has 2 unspecified atom stereocenters. The Hall–Kier alpha value is -2.81. The lowest BCUT2D eigenvalue weighted by Crippen LogP contribution is -2.81. The lowest BCUT2D eigenvalue weighted by atomic mass is 9.35. The SMILES string of the molecule is COC12CC[C@@]3(C[C@@H]1CNC(=O)[C@@H](N)Cc1ccc(O)cc1)[C@H]1Cc4ccc(O)c5c4[C@@]3(CCN1CC1CC1)C2O5. The van der Waals surface area contributed by atoms with Gasteiger partial charge in [0.2, 0.25) is 5.91 Å². The largest absolute Gasteiger partial charge is 0.508 e. The van der Waals surface area contributed by atoms with Gasteiger partial charge >= 0.3 is 0 Å². The van der Waals surface area contributed by atoms with Crippen molar-refractivity contribution in [2.45, 2.75) is 80.6 Å². The van der Waals surface area contributed by atoms with E-state index in [0.717, 1.165) is 50.1 Å². The Morgan fingerprint density at radius 2 is 1.98 bits per heavy atom. The van der Waals surface area contributed by atoms with Crippen molar-refractivity contribution in [1.29, 1.82) is 0 Å². The van der Waals surface area contributed by atoms with E-state index in [1.54, 1.807) is 31.4 Å². The fraction of sp³-hybridized carbons (Fsp3) is 0.606. The van der Waals surface area contributed by atoms with Crippen molar-refractivity contribution in [3.63, 3.8) is 0 Å². The van der Waals surface area contributed by atoms with Crippen LogP contribution >= 0.6 is 0 Å². The summed E-state index contributed by atoms with van der Waals surface area (Å²) < 4.78 is 13.4. The molecule has 2 spiro atoms. The first kappa shape index (κ1) is 25.9. The Kier molecular flexibility index (Phi) is 5.58. The van der Waals surface area contributed by atoms with E-state index >= 15 is 0 Å². The van der Waals surface area contributed by atoms with Crippen molar-refractivity contribution < 1.29 is 24.5 Å². The van der Waals surface area contributed by atoms with Crippen LogP contribution in [0.2, 0.25) is 0 Å². The Balaban J connectivity index is 1.12. The summed E-state index contributed by atoms with van der Waals surface area (Å²) in [5.41, 5.74) is 9.12. The van der Waals surface area contributed by atoms with E-state index < -0.39 is 11.6 Å². The first-order valence-electron chi connectivity index (χ1n) is 15.4. The zero-order valence-corrected chi connectivity index (χ0v) is 23.8. The normalized spacial score (nSPS) is 36.9. The Morgan fingerprint density at radius 3 is 2.73 bits per heavy atom. The third-order valence-electron chi connectivity index (χ3n) is 12.1. The van der Waals surface area contributed by atoms with E-state index in [1.807, 2.05) is 6.07 Å². The van der Waals surface area contributed by atoms with E-state index in [9.17, 15) is 15.0 Å². The quantitative estimate of drug-likeness (QED) is 0.393. The average Bonchev–Trinajstić information content (AvgIpc) is 3.72. The van der Waals surface area contributed by atoms with Gasteiger partial charge in [0, 0.05) is 48.6 Å². The molecule has 4 saturated carbocycles. The molecule has 4 bridgehead atoms. The average molecular weight is 560 g/mol. The van der Waals surface area contributed by atoms with Crippen LogP contribution in [0.4, 0.5) is 0 Å². The van der Waals surface area contributed by atoms with Crippen molar-refractivity contribution in [2.75, 3.05) is 26.7 Å². The molecule has 2 aromatic carbocycles. The van der Waals surface area contributed by atoms with Crippen molar-refractivity contribution >= 4 is 5.91 Å². The van der Waals surface area contributed by atoms with E-state index in [4.69, 9.17) is 15.2 Å². The zero-order chi connectivity index (χ0) is 28.1. The molecule has 8 heteroatoms. The number of ether oxygens (including phenoxy) is 2. The highest BCUT2D eigenvalue weighted by atomic mass is 16.6. The number of phenols is 2. The van der Waals surface area contributed by atoms with Gasteiger partial charge in [-0.2, -0.15) is 0 Å². The maximum atomic E-state index is 13.2. The molecule has 41 heavy (non-hydrogen) atoms. The summed E-state index contributed by atoms with van der Waals surface area (Å²) in [6.07, 6.45) is 7.83. The van der Waals surface area contributed by atoms with Crippen LogP contribution in [0.1, 0.15) is 55.2 Å². The molecule has 2 heterocycles. The van der Waals surface area contributed by atoms with Crippen LogP contribution in [0, 0.1) is 17.3 Å². The summed E-state index contributed by atoms with van der Waals surface area (Å²) in [6.45, 7) is 2.72. The van der Waals surface area contributed by atoms with Gasteiger partial charge in [0.05, 0.1) is 6.04 Å². The van der Waals surface area contributed by atoms with E-state index in [-0.39, 0.29) is 40.3 Å². The number of amides is 1. The Bertz CT molecular complexity index is 1390. The molecule has 7 atom stereocenters. The summed E-state index contributed by atoms with van der Waals surface area (Å²) in [5, 5.41) is 23.8. The smallest absolute Gasteiger partial charge is 0.237 e. The minimum atomic E-state index is -0.682. The Morgan fingerprint density at radius 1 is 1.17 bits per heavy atom. The molecular weight excluding hydrogens is 518 g/mol. The number of benzene rings is 2. The standard InChI is InChI=1S/C33H41N3O5/c1-40-33-11-10-31(16-22(33)17-35-29(39)24(34)14-19-4-7-23(37)8-5-19)26-15-21-6-9-25(38)28-27(21)32(31,30(33)41-28)12-13-36(26)18-20-2-3-20/h4-9,20,22,24,26,30,37-38H,2-3,10-18,34H2,1H3,(H,35,39)/t22-,24+,26-,30?,31-,32+,33?/m1/s1. The lowest BCUT2D eigenvalue weighted by molar-refractivity contribution is -0.276. The highest BCUT2D eigenvalue weighted by molar-refractivity contribution is 5.81. The predicted octanol–water partition coefficient (Wildman–Crippen LogP) is 3.01. The van der Waals surface area contributed by atoms with Crippen LogP contribution < -0.4 is 15.8 Å². The molecule has 9 rings (SSSR count). The molecule has 0 aromatic heterocycles. The summed E-state index contributed by atoms with van der Waals surface area (Å²) in [5.74, 6) is 1.83. The summed E-state index contributed by atoms with van der Waals surface area (Å²) >= 11 is 0. The summed E-state index contributed by atoms with van der Waals surface area (Å²) in [6, 6.07) is 10.5. The number of methoxy groups -OCH3 is 1. The van der Waals surface area contributed by atoms with Gasteiger partial charge in [0.15, 0.2) is 11.5 Å². The minimum Gasteiger partial charge on any atom is -0.508 e.